The highest BCUT2D eigenvalue weighted by Gasteiger charge is 2.40. The van der Waals surface area contributed by atoms with Gasteiger partial charge in [-0.3, -0.25) is 4.79 Å². The van der Waals surface area contributed by atoms with Gasteiger partial charge in [0.2, 0.25) is 0 Å². The van der Waals surface area contributed by atoms with E-state index in [1.807, 2.05) is 12.1 Å². The Kier molecular flexibility index (Phi) is 11.3. The molecule has 2 unspecified atom stereocenters. The number of aliphatic hydroxyl groups is 1. The number of unbranched alkanes of at least 4 members (excludes halogenated alkanes) is 3. The van der Waals surface area contributed by atoms with Crippen LogP contribution in [-0.2, 0) is 14.0 Å². The van der Waals surface area contributed by atoms with Crippen LogP contribution in [0.1, 0.15) is 77.7 Å². The summed E-state index contributed by atoms with van der Waals surface area (Å²) >= 11 is 0. The van der Waals surface area contributed by atoms with E-state index in [2.05, 4.69) is 40.8 Å². The van der Waals surface area contributed by atoms with Crippen LogP contribution in [0.2, 0.25) is 18.1 Å². The molecule has 0 spiro atoms. The predicted molar refractivity (Wildman–Crippen MR) is 129 cm³/mol. The normalized spacial score (nSPS) is 15.3. The summed E-state index contributed by atoms with van der Waals surface area (Å²) in [6.45, 7) is 13.3. The Morgan fingerprint density at radius 1 is 1.06 bits per heavy atom. The van der Waals surface area contributed by atoms with Crippen molar-refractivity contribution in [1.29, 1.82) is 0 Å². The van der Waals surface area contributed by atoms with Gasteiger partial charge in [0.1, 0.15) is 11.7 Å². The SMILES string of the molecule is CCCCCC[C@H](CC(O)C(C(=O)OC)c1ccc(OC)cc1)O[Si](C)(C)C(C)(C)C. The van der Waals surface area contributed by atoms with E-state index < -0.39 is 26.3 Å². The molecule has 3 atom stereocenters. The fourth-order valence-electron chi connectivity index (χ4n) is 3.48. The second-order valence-corrected chi connectivity index (χ2v) is 14.7. The molecule has 1 aromatic carbocycles. The first-order valence-electron chi connectivity index (χ1n) is 11.5. The monoisotopic (exact) mass is 452 g/mol. The van der Waals surface area contributed by atoms with Crippen LogP contribution in [0, 0.1) is 0 Å². The van der Waals surface area contributed by atoms with Crippen LogP contribution in [0.15, 0.2) is 24.3 Å². The number of carbonyl (C=O) groups excluding carboxylic acids is 1. The van der Waals surface area contributed by atoms with E-state index in [0.717, 1.165) is 24.8 Å². The average Bonchev–Trinajstić information content (AvgIpc) is 2.70. The molecule has 0 amide bonds. The van der Waals surface area contributed by atoms with Gasteiger partial charge in [-0.1, -0.05) is 65.5 Å². The number of hydrogen-bond donors (Lipinski definition) is 1. The minimum Gasteiger partial charge on any atom is -0.497 e. The average molecular weight is 453 g/mol. The maximum absolute atomic E-state index is 12.6. The van der Waals surface area contributed by atoms with Crippen LogP contribution >= 0.6 is 0 Å². The van der Waals surface area contributed by atoms with Gasteiger partial charge in [0.05, 0.1) is 20.3 Å². The van der Waals surface area contributed by atoms with Crippen LogP contribution in [0.5, 0.6) is 5.75 Å². The molecule has 6 heteroatoms. The number of carbonyl (C=O) groups is 1. The highest BCUT2D eigenvalue weighted by Crippen LogP contribution is 2.39. The van der Waals surface area contributed by atoms with E-state index in [1.165, 1.54) is 20.0 Å². The van der Waals surface area contributed by atoms with Crippen LogP contribution in [-0.4, -0.2) is 45.8 Å². The lowest BCUT2D eigenvalue weighted by atomic mass is 9.89. The minimum atomic E-state index is -2.01. The molecule has 0 bridgehead atoms. The summed E-state index contributed by atoms with van der Waals surface area (Å²) < 4.78 is 16.9. The van der Waals surface area contributed by atoms with Crippen LogP contribution < -0.4 is 4.74 Å². The Morgan fingerprint density at radius 3 is 2.16 bits per heavy atom. The summed E-state index contributed by atoms with van der Waals surface area (Å²) in [7, 11) is 0.952. The summed E-state index contributed by atoms with van der Waals surface area (Å²) in [5.74, 6) is -0.483. The molecule has 0 fully saturated rings. The van der Waals surface area contributed by atoms with Gasteiger partial charge in [0.25, 0.3) is 0 Å². The molecule has 0 aromatic heterocycles. The van der Waals surface area contributed by atoms with E-state index in [-0.39, 0.29) is 11.1 Å². The van der Waals surface area contributed by atoms with Gasteiger partial charge < -0.3 is 19.0 Å². The standard InChI is InChI=1S/C25H44O5Si/c1-9-10-11-12-13-21(30-31(7,8)25(2,3)4)18-22(26)23(24(27)29-6)19-14-16-20(28-5)17-15-19/h14-17,21-23,26H,9-13,18H2,1-8H3/t21-,22?,23?/m1/s1. The largest absolute Gasteiger partial charge is 0.497 e. The molecular weight excluding hydrogens is 408 g/mol. The molecular formula is C25H44O5Si. The number of ether oxygens (including phenoxy) is 2. The highest BCUT2D eigenvalue weighted by molar-refractivity contribution is 6.74. The first-order valence-corrected chi connectivity index (χ1v) is 14.4. The van der Waals surface area contributed by atoms with E-state index in [9.17, 15) is 9.90 Å². The highest BCUT2D eigenvalue weighted by atomic mass is 28.4. The van der Waals surface area contributed by atoms with Gasteiger partial charge in [-0.25, -0.2) is 0 Å². The molecule has 1 aromatic rings. The zero-order valence-electron chi connectivity index (χ0n) is 20.9. The number of rotatable bonds is 13. The van der Waals surface area contributed by atoms with Gasteiger partial charge in [0.15, 0.2) is 8.32 Å². The van der Waals surface area contributed by atoms with Crippen LogP contribution in [0.4, 0.5) is 0 Å². The molecule has 0 saturated heterocycles. The Bertz CT molecular complexity index is 651. The lowest BCUT2D eigenvalue weighted by Crippen LogP contribution is -2.45. The van der Waals surface area contributed by atoms with Gasteiger partial charge in [-0.2, -0.15) is 0 Å². The Labute approximate surface area is 190 Å². The summed E-state index contributed by atoms with van der Waals surface area (Å²) in [6, 6.07) is 7.22. The van der Waals surface area contributed by atoms with Crippen LogP contribution in [0.3, 0.4) is 0 Å². The van der Waals surface area contributed by atoms with Crippen molar-refractivity contribution in [3.8, 4) is 5.75 Å². The second kappa shape index (κ2) is 12.6. The fraction of sp³-hybridized carbons (Fsp3) is 0.720. The van der Waals surface area contributed by atoms with Gasteiger partial charge in [-0.15, -0.1) is 0 Å². The van der Waals surface area contributed by atoms with Crippen molar-refractivity contribution >= 4 is 14.3 Å². The van der Waals surface area contributed by atoms with Crippen molar-refractivity contribution in [2.75, 3.05) is 14.2 Å². The summed E-state index contributed by atoms with van der Waals surface area (Å²) in [5.41, 5.74) is 0.720. The molecule has 0 saturated carbocycles. The van der Waals surface area contributed by atoms with Crippen molar-refractivity contribution < 1.29 is 23.8 Å². The van der Waals surface area contributed by atoms with Crippen molar-refractivity contribution in [1.82, 2.24) is 0 Å². The molecule has 0 radical (unpaired) electrons. The Morgan fingerprint density at radius 2 is 1.68 bits per heavy atom. The van der Waals surface area contributed by atoms with E-state index in [0.29, 0.717) is 12.2 Å². The van der Waals surface area contributed by atoms with Gasteiger partial charge in [-0.05, 0) is 48.7 Å². The molecule has 0 aliphatic carbocycles. The maximum Gasteiger partial charge on any atom is 0.315 e. The quantitative estimate of drug-likeness (QED) is 0.224. The summed E-state index contributed by atoms with van der Waals surface area (Å²) in [6.07, 6.45) is 4.92. The topological polar surface area (TPSA) is 65.0 Å². The second-order valence-electron chi connectivity index (χ2n) is 9.93. The van der Waals surface area contributed by atoms with E-state index in [1.54, 1.807) is 19.2 Å². The maximum atomic E-state index is 12.6. The minimum absolute atomic E-state index is 0.0807. The number of methoxy groups -OCH3 is 2. The smallest absolute Gasteiger partial charge is 0.315 e. The molecule has 0 heterocycles. The third kappa shape index (κ3) is 8.58. The van der Waals surface area contributed by atoms with Crippen LogP contribution in [0.25, 0.3) is 0 Å². The first-order chi connectivity index (χ1) is 14.5. The zero-order chi connectivity index (χ0) is 23.7. The molecule has 0 aliphatic rings. The Balaban J connectivity index is 3.06. The predicted octanol–water partition coefficient (Wildman–Crippen LogP) is 6.06. The molecule has 0 aliphatic heterocycles. The lowest BCUT2D eigenvalue weighted by molar-refractivity contribution is -0.145. The van der Waals surface area contributed by atoms with E-state index >= 15 is 0 Å². The number of esters is 1. The third-order valence-electron chi connectivity index (χ3n) is 6.47. The van der Waals surface area contributed by atoms with E-state index in [4.69, 9.17) is 13.9 Å². The molecule has 178 valence electrons. The van der Waals surface area contributed by atoms with Crippen molar-refractivity contribution in [2.24, 2.45) is 0 Å². The molecule has 5 nitrogen and oxygen atoms in total. The Hall–Kier alpha value is -1.37. The third-order valence-corrected chi connectivity index (χ3v) is 11.0. The van der Waals surface area contributed by atoms with Crippen molar-refractivity contribution in [2.45, 2.75) is 102 Å². The number of aliphatic hydroxyl groups excluding tert-OH is 1. The molecule has 1 rings (SSSR count). The number of hydrogen-bond acceptors (Lipinski definition) is 5. The molecule has 31 heavy (non-hydrogen) atoms. The lowest BCUT2D eigenvalue weighted by Gasteiger charge is -2.40. The zero-order valence-corrected chi connectivity index (χ0v) is 21.9. The fourth-order valence-corrected chi connectivity index (χ4v) is 4.88. The summed E-state index contributed by atoms with van der Waals surface area (Å²) in [4.78, 5) is 12.6. The van der Waals surface area contributed by atoms with Crippen molar-refractivity contribution in [3.63, 3.8) is 0 Å². The first kappa shape index (κ1) is 27.7. The summed E-state index contributed by atoms with van der Waals surface area (Å²) in [5, 5.41) is 11.2. The van der Waals surface area contributed by atoms with Gasteiger partial charge >= 0.3 is 5.97 Å². The molecule has 1 N–H and O–H groups in total. The number of benzene rings is 1. The van der Waals surface area contributed by atoms with Gasteiger partial charge in [0, 0.05) is 6.10 Å². The van der Waals surface area contributed by atoms with Crippen molar-refractivity contribution in [3.05, 3.63) is 29.8 Å².